The first kappa shape index (κ1) is 14.7. The molecule has 1 saturated heterocycles. The number of benzene rings is 1. The second kappa shape index (κ2) is 7.19. The van der Waals surface area contributed by atoms with E-state index in [-0.39, 0.29) is 18.5 Å². The van der Waals surface area contributed by atoms with Gasteiger partial charge in [-0.25, -0.2) is 4.79 Å². The molecule has 2 amide bonds. The van der Waals surface area contributed by atoms with E-state index in [1.807, 2.05) is 23.9 Å². The number of carbonyl (C=O) groups is 2. The van der Waals surface area contributed by atoms with Crippen molar-refractivity contribution in [2.45, 2.75) is 25.4 Å². The highest BCUT2D eigenvalue weighted by Crippen LogP contribution is 2.16. The fraction of sp³-hybridized carbons (Fsp3) is 0.429. The normalized spacial score (nSPS) is 17.7. The van der Waals surface area contributed by atoms with Gasteiger partial charge in [-0.05, 0) is 23.3 Å². The second-order valence-electron chi connectivity index (χ2n) is 4.73. The van der Waals surface area contributed by atoms with Crippen molar-refractivity contribution < 1.29 is 14.7 Å². The third-order valence-corrected chi connectivity index (χ3v) is 4.33. The Kier molecular flexibility index (Phi) is 5.29. The van der Waals surface area contributed by atoms with Crippen LogP contribution in [0.25, 0.3) is 0 Å². The van der Waals surface area contributed by atoms with E-state index in [4.69, 9.17) is 5.11 Å². The summed E-state index contributed by atoms with van der Waals surface area (Å²) in [6.45, 7) is 0.342. The molecule has 0 aliphatic carbocycles. The Morgan fingerprint density at radius 3 is 2.70 bits per heavy atom. The molecule has 1 aromatic carbocycles. The third kappa shape index (κ3) is 4.45. The minimum absolute atomic E-state index is 0.0290. The first-order chi connectivity index (χ1) is 9.65. The number of carboxylic acids is 1. The van der Waals surface area contributed by atoms with Crippen LogP contribution in [0.15, 0.2) is 24.3 Å². The lowest BCUT2D eigenvalue weighted by Gasteiger charge is -2.13. The fourth-order valence-corrected chi connectivity index (χ4v) is 3.28. The predicted molar refractivity (Wildman–Crippen MR) is 78.9 cm³/mol. The number of carboxylic acid groups (broad SMARTS) is 1. The molecule has 1 atom stereocenters. The van der Waals surface area contributed by atoms with Gasteiger partial charge in [-0.3, -0.25) is 4.79 Å². The minimum Gasteiger partial charge on any atom is -0.481 e. The summed E-state index contributed by atoms with van der Waals surface area (Å²) in [5, 5.41) is 14.6. The fourth-order valence-electron chi connectivity index (χ4n) is 2.13. The van der Waals surface area contributed by atoms with E-state index in [2.05, 4.69) is 10.6 Å². The summed E-state index contributed by atoms with van der Waals surface area (Å²) in [7, 11) is 0. The largest absolute Gasteiger partial charge is 0.481 e. The van der Waals surface area contributed by atoms with Crippen LogP contribution in [0.2, 0.25) is 0 Å². The van der Waals surface area contributed by atoms with Crippen LogP contribution < -0.4 is 10.6 Å². The van der Waals surface area contributed by atoms with E-state index in [1.165, 1.54) is 0 Å². The van der Waals surface area contributed by atoms with Crippen LogP contribution in [-0.4, -0.2) is 34.7 Å². The van der Waals surface area contributed by atoms with E-state index in [0.717, 1.165) is 29.1 Å². The second-order valence-corrected chi connectivity index (χ2v) is 5.88. The maximum absolute atomic E-state index is 11.8. The standard InChI is InChI=1S/C14H18N2O3S/c17-13(18)7-10-3-1-2-4-11(10)8-15-14(19)16-12-5-6-20-9-12/h1-4,12H,5-9H2,(H,17,18)(H2,15,16,19). The summed E-state index contributed by atoms with van der Waals surface area (Å²) in [6.07, 6.45) is 0.979. The molecule has 0 aromatic heterocycles. The molecule has 20 heavy (non-hydrogen) atoms. The molecule has 1 unspecified atom stereocenters. The van der Waals surface area contributed by atoms with E-state index >= 15 is 0 Å². The first-order valence-corrected chi connectivity index (χ1v) is 7.71. The molecule has 3 N–H and O–H groups in total. The quantitative estimate of drug-likeness (QED) is 0.771. The Labute approximate surface area is 122 Å². The molecular weight excluding hydrogens is 276 g/mol. The molecule has 1 fully saturated rings. The summed E-state index contributed by atoms with van der Waals surface area (Å²) in [4.78, 5) is 22.5. The Morgan fingerprint density at radius 1 is 1.30 bits per heavy atom. The summed E-state index contributed by atoms with van der Waals surface area (Å²) in [5.41, 5.74) is 1.57. The SMILES string of the molecule is O=C(O)Cc1ccccc1CNC(=O)NC1CCSC1. The molecular formula is C14H18N2O3S. The van der Waals surface area contributed by atoms with Crippen molar-refractivity contribution in [2.75, 3.05) is 11.5 Å². The lowest BCUT2D eigenvalue weighted by atomic mass is 10.0. The van der Waals surface area contributed by atoms with Crippen LogP contribution in [0.4, 0.5) is 4.79 Å². The monoisotopic (exact) mass is 294 g/mol. The van der Waals surface area contributed by atoms with Gasteiger partial charge in [0.1, 0.15) is 0 Å². The predicted octanol–water partition coefficient (Wildman–Crippen LogP) is 1.62. The van der Waals surface area contributed by atoms with Gasteiger partial charge in [-0.15, -0.1) is 0 Å². The topological polar surface area (TPSA) is 78.4 Å². The Bertz CT molecular complexity index is 487. The van der Waals surface area contributed by atoms with E-state index in [1.54, 1.807) is 12.1 Å². The lowest BCUT2D eigenvalue weighted by molar-refractivity contribution is -0.136. The molecule has 1 aromatic rings. The van der Waals surface area contributed by atoms with Gasteiger partial charge in [-0.1, -0.05) is 24.3 Å². The molecule has 1 aliphatic rings. The number of thioether (sulfide) groups is 1. The highest BCUT2D eigenvalue weighted by molar-refractivity contribution is 7.99. The number of hydrogen-bond acceptors (Lipinski definition) is 3. The molecule has 2 rings (SSSR count). The zero-order valence-corrected chi connectivity index (χ0v) is 11.9. The number of amides is 2. The van der Waals surface area contributed by atoms with Gasteiger partial charge in [0.15, 0.2) is 0 Å². The Balaban J connectivity index is 1.86. The van der Waals surface area contributed by atoms with Gasteiger partial charge in [0.05, 0.1) is 6.42 Å². The molecule has 0 radical (unpaired) electrons. The van der Waals surface area contributed by atoms with E-state index in [0.29, 0.717) is 6.54 Å². The zero-order chi connectivity index (χ0) is 14.4. The summed E-state index contributed by atoms with van der Waals surface area (Å²) in [5.74, 6) is 1.18. The van der Waals surface area contributed by atoms with Crippen molar-refractivity contribution in [3.63, 3.8) is 0 Å². The van der Waals surface area contributed by atoms with Crippen LogP contribution in [0.1, 0.15) is 17.5 Å². The Morgan fingerprint density at radius 2 is 2.05 bits per heavy atom. The van der Waals surface area contributed by atoms with Crippen LogP contribution in [0.3, 0.4) is 0 Å². The van der Waals surface area contributed by atoms with E-state index in [9.17, 15) is 9.59 Å². The minimum atomic E-state index is -0.870. The molecule has 108 valence electrons. The maximum atomic E-state index is 11.8. The van der Waals surface area contributed by atoms with Crippen LogP contribution in [0, 0.1) is 0 Å². The van der Waals surface area contributed by atoms with Gasteiger partial charge < -0.3 is 15.7 Å². The van der Waals surface area contributed by atoms with Crippen molar-refractivity contribution in [1.29, 1.82) is 0 Å². The number of rotatable bonds is 5. The molecule has 0 bridgehead atoms. The highest BCUT2D eigenvalue weighted by atomic mass is 32.2. The molecule has 0 spiro atoms. The number of nitrogens with one attached hydrogen (secondary N) is 2. The van der Waals surface area contributed by atoms with Gasteiger partial charge in [-0.2, -0.15) is 11.8 Å². The Hall–Kier alpha value is -1.69. The van der Waals surface area contributed by atoms with Gasteiger partial charge in [0.2, 0.25) is 0 Å². The molecule has 1 aliphatic heterocycles. The van der Waals surface area contributed by atoms with Crippen molar-refractivity contribution in [2.24, 2.45) is 0 Å². The highest BCUT2D eigenvalue weighted by Gasteiger charge is 2.17. The summed E-state index contributed by atoms with van der Waals surface area (Å²) < 4.78 is 0. The number of hydrogen-bond donors (Lipinski definition) is 3. The number of aliphatic carboxylic acids is 1. The van der Waals surface area contributed by atoms with Crippen molar-refractivity contribution in [3.05, 3.63) is 35.4 Å². The summed E-state index contributed by atoms with van der Waals surface area (Å²) >= 11 is 1.84. The van der Waals surface area contributed by atoms with Crippen LogP contribution >= 0.6 is 11.8 Å². The number of carbonyl (C=O) groups excluding carboxylic acids is 1. The average molecular weight is 294 g/mol. The van der Waals surface area contributed by atoms with Crippen molar-refractivity contribution >= 4 is 23.8 Å². The summed E-state index contributed by atoms with van der Waals surface area (Å²) in [6, 6.07) is 7.31. The van der Waals surface area contributed by atoms with E-state index < -0.39 is 5.97 Å². The van der Waals surface area contributed by atoms with Crippen molar-refractivity contribution in [3.8, 4) is 0 Å². The molecule has 1 heterocycles. The smallest absolute Gasteiger partial charge is 0.315 e. The lowest BCUT2D eigenvalue weighted by Crippen LogP contribution is -2.41. The van der Waals surface area contributed by atoms with Crippen molar-refractivity contribution in [1.82, 2.24) is 10.6 Å². The maximum Gasteiger partial charge on any atom is 0.315 e. The zero-order valence-electron chi connectivity index (χ0n) is 11.1. The first-order valence-electron chi connectivity index (χ1n) is 6.56. The van der Waals surface area contributed by atoms with Gasteiger partial charge in [0, 0.05) is 18.3 Å². The number of urea groups is 1. The van der Waals surface area contributed by atoms with Crippen LogP contribution in [-0.2, 0) is 17.8 Å². The molecule has 6 heteroatoms. The third-order valence-electron chi connectivity index (χ3n) is 3.16. The average Bonchev–Trinajstić information content (AvgIpc) is 2.90. The molecule has 0 saturated carbocycles. The van der Waals surface area contributed by atoms with Crippen LogP contribution in [0.5, 0.6) is 0 Å². The van der Waals surface area contributed by atoms with Gasteiger partial charge in [0.25, 0.3) is 0 Å². The van der Waals surface area contributed by atoms with Gasteiger partial charge >= 0.3 is 12.0 Å². The molecule has 5 nitrogen and oxygen atoms in total.